The van der Waals surface area contributed by atoms with Gasteiger partial charge < -0.3 is 0 Å². The first kappa shape index (κ1) is 11.9. The molecule has 0 atom stereocenters. The zero-order chi connectivity index (χ0) is 9.23. The van der Waals surface area contributed by atoms with E-state index in [1.165, 1.54) is 44.9 Å². The standard InChI is InChI=1S/C10H24N2/c1-3-4-5-6-7-8-9-10-12(2)11/h3-11H2,1-2H3. The molecule has 0 aromatic heterocycles. The Labute approximate surface area is 77.1 Å². The molecule has 12 heavy (non-hydrogen) atoms. The lowest BCUT2D eigenvalue weighted by molar-refractivity contribution is 0.336. The minimum atomic E-state index is 1.04. The van der Waals surface area contributed by atoms with E-state index in [1.54, 1.807) is 5.01 Å². The largest absolute Gasteiger partial charge is 0.269 e. The van der Waals surface area contributed by atoms with Crippen molar-refractivity contribution in [3.8, 4) is 0 Å². The van der Waals surface area contributed by atoms with Gasteiger partial charge in [0.25, 0.3) is 0 Å². The highest BCUT2D eigenvalue weighted by molar-refractivity contribution is 4.46. The van der Waals surface area contributed by atoms with Gasteiger partial charge >= 0.3 is 0 Å². The summed E-state index contributed by atoms with van der Waals surface area (Å²) in [5, 5.41) is 1.77. The third-order valence-corrected chi connectivity index (χ3v) is 2.11. The van der Waals surface area contributed by atoms with Crippen LogP contribution in [0.3, 0.4) is 0 Å². The summed E-state index contributed by atoms with van der Waals surface area (Å²) in [6.07, 6.45) is 9.53. The zero-order valence-corrected chi connectivity index (χ0v) is 8.68. The summed E-state index contributed by atoms with van der Waals surface area (Å²) >= 11 is 0. The van der Waals surface area contributed by atoms with E-state index in [0.29, 0.717) is 0 Å². The number of hydrogen-bond acceptors (Lipinski definition) is 2. The Morgan fingerprint density at radius 2 is 1.42 bits per heavy atom. The van der Waals surface area contributed by atoms with E-state index < -0.39 is 0 Å². The van der Waals surface area contributed by atoms with E-state index in [0.717, 1.165) is 6.54 Å². The van der Waals surface area contributed by atoms with Gasteiger partial charge in [-0.2, -0.15) is 0 Å². The molecule has 2 heteroatoms. The molecule has 0 aliphatic rings. The number of hydrazine groups is 1. The van der Waals surface area contributed by atoms with Crippen LogP contribution in [0.15, 0.2) is 0 Å². The molecule has 2 nitrogen and oxygen atoms in total. The second-order valence-electron chi connectivity index (χ2n) is 3.60. The highest BCUT2D eigenvalue weighted by Crippen LogP contribution is 2.06. The van der Waals surface area contributed by atoms with Gasteiger partial charge in [0.2, 0.25) is 0 Å². The van der Waals surface area contributed by atoms with Crippen LogP contribution in [0.5, 0.6) is 0 Å². The molecule has 0 radical (unpaired) electrons. The van der Waals surface area contributed by atoms with Crippen LogP contribution in [0.2, 0.25) is 0 Å². The van der Waals surface area contributed by atoms with Crippen molar-refractivity contribution >= 4 is 0 Å². The van der Waals surface area contributed by atoms with E-state index in [2.05, 4.69) is 6.92 Å². The number of unbranched alkanes of at least 4 members (excludes halogenated alkanes) is 6. The van der Waals surface area contributed by atoms with Crippen molar-refractivity contribution in [1.29, 1.82) is 0 Å². The predicted octanol–water partition coefficient (Wildman–Crippen LogP) is 2.54. The smallest absolute Gasteiger partial charge is 0.0125 e. The fourth-order valence-electron chi connectivity index (χ4n) is 1.32. The average molecular weight is 172 g/mol. The van der Waals surface area contributed by atoms with Gasteiger partial charge in [0, 0.05) is 13.6 Å². The Hall–Kier alpha value is -0.0800. The van der Waals surface area contributed by atoms with Gasteiger partial charge in [-0.15, -0.1) is 0 Å². The van der Waals surface area contributed by atoms with Gasteiger partial charge in [0.15, 0.2) is 0 Å². The molecule has 0 amide bonds. The van der Waals surface area contributed by atoms with Gasteiger partial charge in [-0.3, -0.25) is 10.9 Å². The second kappa shape index (κ2) is 9.01. The number of rotatable bonds is 8. The first-order valence-corrected chi connectivity index (χ1v) is 5.23. The van der Waals surface area contributed by atoms with Crippen LogP contribution in [-0.2, 0) is 0 Å². The van der Waals surface area contributed by atoms with Crippen LogP contribution in [0.4, 0.5) is 0 Å². The summed E-state index contributed by atoms with van der Waals surface area (Å²) in [6.45, 7) is 3.29. The molecule has 0 saturated heterocycles. The summed E-state index contributed by atoms with van der Waals surface area (Å²) in [5.74, 6) is 5.49. The molecule has 2 N–H and O–H groups in total. The minimum absolute atomic E-state index is 1.04. The van der Waals surface area contributed by atoms with Crippen molar-refractivity contribution in [2.24, 2.45) is 5.84 Å². The van der Waals surface area contributed by atoms with Crippen molar-refractivity contribution in [3.63, 3.8) is 0 Å². The van der Waals surface area contributed by atoms with Crippen molar-refractivity contribution < 1.29 is 0 Å². The lowest BCUT2D eigenvalue weighted by atomic mass is 10.1. The van der Waals surface area contributed by atoms with Crippen LogP contribution < -0.4 is 5.84 Å². The SMILES string of the molecule is CCCCCCCCCN(C)N. The van der Waals surface area contributed by atoms with E-state index >= 15 is 0 Å². The molecule has 0 aliphatic carbocycles. The molecule has 0 rings (SSSR count). The van der Waals surface area contributed by atoms with E-state index in [-0.39, 0.29) is 0 Å². The fourth-order valence-corrected chi connectivity index (χ4v) is 1.32. The van der Waals surface area contributed by atoms with Gasteiger partial charge in [0.1, 0.15) is 0 Å². The summed E-state index contributed by atoms with van der Waals surface area (Å²) < 4.78 is 0. The molecule has 0 aromatic rings. The summed E-state index contributed by atoms with van der Waals surface area (Å²) in [6, 6.07) is 0. The Kier molecular flexibility index (Phi) is 8.95. The molecule has 0 unspecified atom stereocenters. The van der Waals surface area contributed by atoms with Crippen molar-refractivity contribution in [3.05, 3.63) is 0 Å². The summed E-state index contributed by atoms with van der Waals surface area (Å²) in [7, 11) is 1.93. The molecule has 0 saturated carbocycles. The van der Waals surface area contributed by atoms with Crippen LogP contribution in [0, 0.1) is 0 Å². The number of nitrogens with zero attached hydrogens (tertiary/aromatic N) is 1. The minimum Gasteiger partial charge on any atom is -0.269 e. The normalized spacial score (nSPS) is 11.0. The fraction of sp³-hybridized carbons (Fsp3) is 1.00. The number of hydrogen-bond donors (Lipinski definition) is 1. The molecular weight excluding hydrogens is 148 g/mol. The van der Waals surface area contributed by atoms with Crippen LogP contribution >= 0.6 is 0 Å². The lowest BCUT2D eigenvalue weighted by Gasteiger charge is -2.08. The van der Waals surface area contributed by atoms with Crippen molar-refractivity contribution in [2.75, 3.05) is 13.6 Å². The molecule has 0 fully saturated rings. The summed E-state index contributed by atoms with van der Waals surface area (Å²) in [5.41, 5.74) is 0. The van der Waals surface area contributed by atoms with Crippen LogP contribution in [0.1, 0.15) is 51.9 Å². The maximum atomic E-state index is 5.49. The van der Waals surface area contributed by atoms with E-state index in [9.17, 15) is 0 Å². The van der Waals surface area contributed by atoms with E-state index in [4.69, 9.17) is 5.84 Å². The highest BCUT2D eigenvalue weighted by Gasteiger charge is 1.91. The molecule has 0 aliphatic heterocycles. The monoisotopic (exact) mass is 172 g/mol. The molecule has 0 spiro atoms. The maximum Gasteiger partial charge on any atom is 0.0125 e. The molecule has 74 valence electrons. The first-order valence-electron chi connectivity index (χ1n) is 5.23. The first-order chi connectivity index (χ1) is 5.77. The lowest BCUT2D eigenvalue weighted by Crippen LogP contribution is -2.26. The van der Waals surface area contributed by atoms with Crippen LogP contribution in [0.25, 0.3) is 0 Å². The quantitative estimate of drug-likeness (QED) is 0.346. The molecule has 0 bridgehead atoms. The third kappa shape index (κ3) is 9.92. The average Bonchev–Trinajstić information content (AvgIpc) is 2.02. The Balaban J connectivity index is 2.82. The Bertz CT molecular complexity index is 81.9. The van der Waals surface area contributed by atoms with Crippen molar-refractivity contribution in [1.82, 2.24) is 5.01 Å². The predicted molar refractivity (Wildman–Crippen MR) is 54.8 cm³/mol. The van der Waals surface area contributed by atoms with Gasteiger partial charge in [-0.05, 0) is 6.42 Å². The van der Waals surface area contributed by atoms with Crippen LogP contribution in [-0.4, -0.2) is 18.6 Å². The highest BCUT2D eigenvalue weighted by atomic mass is 15.4. The third-order valence-electron chi connectivity index (χ3n) is 2.11. The van der Waals surface area contributed by atoms with Gasteiger partial charge in [-0.25, -0.2) is 0 Å². The maximum absolute atomic E-state index is 5.49. The second-order valence-corrected chi connectivity index (χ2v) is 3.60. The molecular formula is C10H24N2. The number of nitrogens with two attached hydrogens (primary N) is 1. The molecule has 0 heterocycles. The summed E-state index contributed by atoms with van der Waals surface area (Å²) in [4.78, 5) is 0. The Morgan fingerprint density at radius 3 is 1.92 bits per heavy atom. The van der Waals surface area contributed by atoms with Gasteiger partial charge in [-0.1, -0.05) is 45.4 Å². The Morgan fingerprint density at radius 1 is 0.917 bits per heavy atom. The van der Waals surface area contributed by atoms with Gasteiger partial charge in [0.05, 0.1) is 0 Å². The molecule has 0 aromatic carbocycles. The topological polar surface area (TPSA) is 29.3 Å². The van der Waals surface area contributed by atoms with Crippen molar-refractivity contribution in [2.45, 2.75) is 51.9 Å². The van der Waals surface area contributed by atoms with E-state index in [1.807, 2.05) is 7.05 Å². The zero-order valence-electron chi connectivity index (χ0n) is 8.68.